The maximum Gasteiger partial charge on any atom is 0.433 e. The van der Waals surface area contributed by atoms with Gasteiger partial charge in [-0.1, -0.05) is 23.7 Å². The van der Waals surface area contributed by atoms with Crippen molar-refractivity contribution in [2.75, 3.05) is 6.54 Å². The number of nitrogens with two attached hydrogens (primary N) is 1. The second kappa shape index (κ2) is 8.10. The van der Waals surface area contributed by atoms with Gasteiger partial charge in [-0.15, -0.1) is 0 Å². The number of primary amides is 1. The predicted molar refractivity (Wildman–Crippen MR) is 100 cm³/mol. The number of halogens is 5. The van der Waals surface area contributed by atoms with Gasteiger partial charge in [0.1, 0.15) is 18.1 Å². The van der Waals surface area contributed by atoms with Gasteiger partial charge in [0.2, 0.25) is 5.91 Å². The third-order valence-electron chi connectivity index (χ3n) is 4.88. The fraction of sp³-hybridized carbons (Fsp3) is 0.316. The number of piperazine rings is 1. The van der Waals surface area contributed by atoms with E-state index in [0.29, 0.717) is 5.56 Å². The molecule has 3 N–H and O–H groups in total. The number of hydrogen-bond acceptors (Lipinski definition) is 3. The third-order valence-corrected chi connectivity index (χ3v) is 5.17. The minimum absolute atomic E-state index is 0.0354. The lowest BCUT2D eigenvalue weighted by Crippen LogP contribution is -2.64. The summed E-state index contributed by atoms with van der Waals surface area (Å²) in [5.74, 6) is -2.16. The summed E-state index contributed by atoms with van der Waals surface area (Å²) in [4.78, 5) is 28.8. The molecule has 3 atom stereocenters. The summed E-state index contributed by atoms with van der Waals surface area (Å²) in [6, 6.07) is 4.52. The summed E-state index contributed by atoms with van der Waals surface area (Å²) in [6.45, 7) is 1.21. The molecule has 1 aromatic carbocycles. The van der Waals surface area contributed by atoms with E-state index in [4.69, 9.17) is 17.3 Å². The number of nitrogens with zero attached hydrogens (tertiary/aromatic N) is 2. The molecule has 0 saturated carbocycles. The van der Waals surface area contributed by atoms with Gasteiger partial charge >= 0.3 is 12.2 Å². The molecule has 2 heterocycles. The Balaban J connectivity index is 2.21. The number of benzene rings is 1. The Kier molecular flexibility index (Phi) is 5.89. The first kappa shape index (κ1) is 21.8. The van der Waals surface area contributed by atoms with Crippen molar-refractivity contribution >= 4 is 23.5 Å². The molecule has 0 radical (unpaired) electrons. The molecule has 3 rings (SSSR count). The highest BCUT2D eigenvalue weighted by Crippen LogP contribution is 2.36. The van der Waals surface area contributed by atoms with Crippen LogP contribution in [0.15, 0.2) is 36.4 Å². The molecule has 1 aliphatic heterocycles. The molecule has 1 aliphatic rings. The lowest BCUT2D eigenvalue weighted by molar-refractivity contribution is -0.141. The van der Waals surface area contributed by atoms with Crippen LogP contribution in [0.5, 0.6) is 0 Å². The molecule has 0 bridgehead atoms. The number of carbonyl (C=O) groups excluding carboxylic acids is 2. The van der Waals surface area contributed by atoms with Crippen molar-refractivity contribution in [3.05, 3.63) is 64.2 Å². The van der Waals surface area contributed by atoms with Gasteiger partial charge in [0, 0.05) is 12.0 Å². The number of carbonyl (C=O) groups is 2. The van der Waals surface area contributed by atoms with Gasteiger partial charge in [0.15, 0.2) is 0 Å². The van der Waals surface area contributed by atoms with Crippen LogP contribution in [0, 0.1) is 5.82 Å². The van der Waals surface area contributed by atoms with E-state index >= 15 is 0 Å². The van der Waals surface area contributed by atoms with Crippen molar-refractivity contribution in [3.8, 4) is 0 Å². The molecule has 1 saturated heterocycles. The molecular weight excluding hydrogens is 428 g/mol. The third kappa shape index (κ3) is 4.33. The number of alkyl halides is 3. The Hall–Kier alpha value is -2.88. The molecule has 1 aromatic heterocycles. The summed E-state index contributed by atoms with van der Waals surface area (Å²) in [5, 5.41) is 2.41. The number of amides is 3. The van der Waals surface area contributed by atoms with Gasteiger partial charge < -0.3 is 16.0 Å². The monoisotopic (exact) mass is 444 g/mol. The SMILES string of the molecule is CC1NC(=O)CN(C(N)=O)C1[C@@H](c1ccc(F)c(Cl)c1)c1cccc(C(F)(F)F)n1. The first-order chi connectivity index (χ1) is 14.0. The van der Waals surface area contributed by atoms with E-state index in [1.807, 2.05) is 0 Å². The smallest absolute Gasteiger partial charge is 0.351 e. The van der Waals surface area contributed by atoms with Crippen LogP contribution in [0.25, 0.3) is 0 Å². The van der Waals surface area contributed by atoms with Crippen LogP contribution in [-0.2, 0) is 11.0 Å². The first-order valence-electron chi connectivity index (χ1n) is 8.83. The van der Waals surface area contributed by atoms with Crippen molar-refractivity contribution in [2.24, 2.45) is 5.73 Å². The Morgan fingerprint density at radius 3 is 2.63 bits per heavy atom. The molecule has 2 unspecified atom stereocenters. The number of rotatable bonds is 3. The van der Waals surface area contributed by atoms with Gasteiger partial charge in [0.25, 0.3) is 0 Å². The molecule has 1 fully saturated rings. The van der Waals surface area contributed by atoms with Gasteiger partial charge in [0.05, 0.1) is 16.8 Å². The van der Waals surface area contributed by atoms with E-state index in [-0.39, 0.29) is 17.3 Å². The fourth-order valence-electron chi connectivity index (χ4n) is 3.64. The zero-order valence-corrected chi connectivity index (χ0v) is 16.3. The molecule has 11 heteroatoms. The summed E-state index contributed by atoms with van der Waals surface area (Å²) in [7, 11) is 0. The summed E-state index contributed by atoms with van der Waals surface area (Å²) < 4.78 is 53.5. The highest BCUT2D eigenvalue weighted by atomic mass is 35.5. The Bertz CT molecular complexity index is 985. The van der Waals surface area contributed by atoms with Gasteiger partial charge in [-0.2, -0.15) is 13.2 Å². The number of nitrogens with one attached hydrogen (secondary N) is 1. The van der Waals surface area contributed by atoms with Crippen molar-refractivity contribution in [2.45, 2.75) is 31.1 Å². The topological polar surface area (TPSA) is 88.3 Å². The molecule has 0 aliphatic carbocycles. The molecule has 160 valence electrons. The average Bonchev–Trinajstić information content (AvgIpc) is 2.65. The van der Waals surface area contributed by atoms with Crippen molar-refractivity contribution in [1.82, 2.24) is 15.2 Å². The van der Waals surface area contributed by atoms with Crippen LogP contribution >= 0.6 is 11.6 Å². The molecular formula is C19H17ClF4N4O2. The second-order valence-corrected chi connectivity index (χ2v) is 7.32. The predicted octanol–water partition coefficient (Wildman–Crippen LogP) is 3.29. The second-order valence-electron chi connectivity index (χ2n) is 6.91. The van der Waals surface area contributed by atoms with E-state index < -0.39 is 47.6 Å². The number of urea groups is 1. The maximum atomic E-state index is 13.7. The molecule has 3 amide bonds. The minimum atomic E-state index is -4.70. The van der Waals surface area contributed by atoms with Gasteiger partial charge in [-0.25, -0.2) is 14.2 Å². The van der Waals surface area contributed by atoms with Crippen molar-refractivity contribution in [3.63, 3.8) is 0 Å². The molecule has 2 aromatic rings. The van der Waals surface area contributed by atoms with E-state index in [2.05, 4.69) is 10.3 Å². The zero-order chi connectivity index (χ0) is 22.2. The summed E-state index contributed by atoms with van der Waals surface area (Å²) in [5.41, 5.74) is 4.60. The first-order valence-corrected chi connectivity index (χ1v) is 9.21. The minimum Gasteiger partial charge on any atom is -0.351 e. The molecule has 6 nitrogen and oxygen atoms in total. The van der Waals surface area contributed by atoms with Crippen molar-refractivity contribution in [1.29, 1.82) is 0 Å². The van der Waals surface area contributed by atoms with E-state index in [0.717, 1.165) is 17.0 Å². The highest BCUT2D eigenvalue weighted by molar-refractivity contribution is 6.30. The fourth-order valence-corrected chi connectivity index (χ4v) is 3.83. The number of pyridine rings is 1. The van der Waals surface area contributed by atoms with Gasteiger partial charge in [-0.3, -0.25) is 4.79 Å². The van der Waals surface area contributed by atoms with Crippen LogP contribution < -0.4 is 11.1 Å². The number of hydrogen-bond donors (Lipinski definition) is 2. The highest BCUT2D eigenvalue weighted by Gasteiger charge is 2.42. The molecule has 30 heavy (non-hydrogen) atoms. The summed E-state index contributed by atoms with van der Waals surface area (Å²) >= 11 is 5.90. The maximum absolute atomic E-state index is 13.7. The Morgan fingerprint density at radius 2 is 2.03 bits per heavy atom. The van der Waals surface area contributed by atoms with E-state index in [1.54, 1.807) is 6.92 Å². The van der Waals surface area contributed by atoms with Crippen LogP contribution in [0.4, 0.5) is 22.4 Å². The van der Waals surface area contributed by atoms with Crippen LogP contribution in [-0.4, -0.2) is 40.5 Å². The normalized spacial score (nSPS) is 20.6. The lowest BCUT2D eigenvalue weighted by atomic mass is 9.82. The van der Waals surface area contributed by atoms with Gasteiger partial charge in [-0.05, 0) is 36.8 Å². The number of aromatic nitrogens is 1. The Morgan fingerprint density at radius 1 is 1.33 bits per heavy atom. The van der Waals surface area contributed by atoms with Crippen molar-refractivity contribution < 1.29 is 27.2 Å². The van der Waals surface area contributed by atoms with E-state index in [1.165, 1.54) is 24.3 Å². The largest absolute Gasteiger partial charge is 0.433 e. The quantitative estimate of drug-likeness (QED) is 0.712. The summed E-state index contributed by atoms with van der Waals surface area (Å²) in [6.07, 6.45) is -4.70. The Labute approximate surface area is 174 Å². The van der Waals surface area contributed by atoms with E-state index in [9.17, 15) is 27.2 Å². The average molecular weight is 445 g/mol. The van der Waals surface area contributed by atoms with Crippen LogP contribution in [0.1, 0.15) is 29.8 Å². The lowest BCUT2D eigenvalue weighted by Gasteiger charge is -2.43. The molecule has 0 spiro atoms. The zero-order valence-electron chi connectivity index (χ0n) is 15.6. The standard InChI is InChI=1S/C19H17ClF4N4O2/c1-9-17(28(18(25)30)8-15(29)26-9)16(10-5-6-12(21)11(20)7-10)13-3-2-4-14(27-13)19(22,23)24/h2-7,9,16-17H,8H2,1H3,(H2,25,30)(H,26,29)/t9?,16-,17?/m0/s1. The van der Waals surface area contributed by atoms with Crippen LogP contribution in [0.2, 0.25) is 5.02 Å². The van der Waals surface area contributed by atoms with Crippen LogP contribution in [0.3, 0.4) is 0 Å².